The van der Waals surface area contributed by atoms with Crippen LogP contribution in [0.15, 0.2) is 46.9 Å². The van der Waals surface area contributed by atoms with E-state index in [1.807, 2.05) is 30.3 Å². The van der Waals surface area contributed by atoms with Crippen LogP contribution in [0.3, 0.4) is 0 Å². The van der Waals surface area contributed by atoms with E-state index in [9.17, 15) is 4.79 Å². The van der Waals surface area contributed by atoms with Crippen molar-refractivity contribution in [3.8, 4) is 0 Å². The first-order valence-electron chi connectivity index (χ1n) is 4.98. The molecule has 3 heteroatoms. The quantitative estimate of drug-likeness (QED) is 0.598. The molecule has 16 heavy (non-hydrogen) atoms. The van der Waals surface area contributed by atoms with Crippen LogP contribution in [-0.4, -0.2) is 5.78 Å². The first-order valence-corrected chi connectivity index (χ1v) is 5.42. The minimum Gasteiger partial charge on any atom is -0.458 e. The fraction of sp³-hybridized carbons (Fsp3) is 0.154. The molecule has 1 aromatic heterocycles. The van der Waals surface area contributed by atoms with Crippen LogP contribution >= 0.6 is 11.6 Å². The van der Waals surface area contributed by atoms with Crippen LogP contribution in [0.1, 0.15) is 27.3 Å². The molecule has 0 amide bonds. The first kappa shape index (κ1) is 11.0. The fourth-order valence-electron chi connectivity index (χ4n) is 1.47. The van der Waals surface area contributed by atoms with Crippen molar-refractivity contribution in [2.24, 2.45) is 0 Å². The Morgan fingerprint density at radius 3 is 2.44 bits per heavy atom. The molecule has 0 aliphatic heterocycles. The van der Waals surface area contributed by atoms with E-state index >= 15 is 0 Å². The summed E-state index contributed by atoms with van der Waals surface area (Å²) in [6, 6.07) is 12.6. The molecular formula is C13H11ClO2. The Balaban J connectivity index is 2.23. The first-order chi connectivity index (χ1) is 7.68. The largest absolute Gasteiger partial charge is 0.458 e. The maximum atomic E-state index is 11.9. The molecule has 82 valence electrons. The molecule has 2 rings (SSSR count). The molecule has 1 atom stereocenters. The van der Waals surface area contributed by atoms with Crippen LogP contribution in [0.25, 0.3) is 0 Å². The Morgan fingerprint density at radius 1 is 1.19 bits per heavy atom. The van der Waals surface area contributed by atoms with Gasteiger partial charge in [0.1, 0.15) is 11.1 Å². The predicted molar refractivity (Wildman–Crippen MR) is 62.8 cm³/mol. The topological polar surface area (TPSA) is 30.2 Å². The lowest BCUT2D eigenvalue weighted by Gasteiger charge is -2.06. The Kier molecular flexibility index (Phi) is 3.11. The highest BCUT2D eigenvalue weighted by Crippen LogP contribution is 2.25. The SMILES string of the molecule is Cc1ccc(C(=O)C(Cl)c2ccccc2)o1. The summed E-state index contributed by atoms with van der Waals surface area (Å²) in [4.78, 5) is 11.9. The summed E-state index contributed by atoms with van der Waals surface area (Å²) in [6.45, 7) is 1.79. The lowest BCUT2D eigenvalue weighted by molar-refractivity contribution is 0.0959. The van der Waals surface area contributed by atoms with Crippen molar-refractivity contribution in [2.75, 3.05) is 0 Å². The summed E-state index contributed by atoms with van der Waals surface area (Å²) in [5.74, 6) is 0.808. The number of furan rings is 1. The molecule has 1 aromatic carbocycles. The van der Waals surface area contributed by atoms with Crippen LogP contribution in [-0.2, 0) is 0 Å². The average Bonchev–Trinajstić information content (AvgIpc) is 2.75. The monoisotopic (exact) mass is 234 g/mol. The number of carbonyl (C=O) groups is 1. The summed E-state index contributed by atoms with van der Waals surface area (Å²) in [7, 11) is 0. The van der Waals surface area contributed by atoms with E-state index in [1.54, 1.807) is 19.1 Å². The summed E-state index contributed by atoms with van der Waals surface area (Å²) in [5, 5.41) is -0.688. The summed E-state index contributed by atoms with van der Waals surface area (Å²) in [6.07, 6.45) is 0. The van der Waals surface area contributed by atoms with Crippen molar-refractivity contribution in [1.82, 2.24) is 0 Å². The molecule has 0 aliphatic carbocycles. The smallest absolute Gasteiger partial charge is 0.220 e. The molecule has 0 fully saturated rings. The average molecular weight is 235 g/mol. The third kappa shape index (κ3) is 2.17. The number of hydrogen-bond acceptors (Lipinski definition) is 2. The predicted octanol–water partition coefficient (Wildman–Crippen LogP) is 3.75. The summed E-state index contributed by atoms with van der Waals surface area (Å²) < 4.78 is 5.25. The molecule has 0 radical (unpaired) electrons. The van der Waals surface area contributed by atoms with Crippen molar-refractivity contribution in [2.45, 2.75) is 12.3 Å². The van der Waals surface area contributed by atoms with Crippen LogP contribution < -0.4 is 0 Å². The molecule has 1 heterocycles. The van der Waals surface area contributed by atoms with E-state index < -0.39 is 5.38 Å². The second kappa shape index (κ2) is 4.54. The molecule has 0 saturated heterocycles. The van der Waals surface area contributed by atoms with Crippen molar-refractivity contribution in [3.05, 3.63) is 59.5 Å². The third-order valence-corrected chi connectivity index (χ3v) is 2.76. The van der Waals surface area contributed by atoms with Gasteiger partial charge in [-0.3, -0.25) is 4.79 Å². The summed E-state index contributed by atoms with van der Waals surface area (Å²) >= 11 is 6.09. The van der Waals surface area contributed by atoms with Gasteiger partial charge in [-0.1, -0.05) is 30.3 Å². The van der Waals surface area contributed by atoms with Gasteiger partial charge in [0.2, 0.25) is 5.78 Å². The lowest BCUT2D eigenvalue weighted by Crippen LogP contribution is -2.06. The van der Waals surface area contributed by atoms with E-state index in [4.69, 9.17) is 16.0 Å². The second-order valence-corrected chi connectivity index (χ2v) is 3.98. The normalized spacial score (nSPS) is 12.4. The molecule has 0 N–H and O–H groups in total. The highest BCUT2D eigenvalue weighted by molar-refractivity contribution is 6.33. The number of ketones is 1. The second-order valence-electron chi connectivity index (χ2n) is 3.55. The molecule has 2 aromatic rings. The maximum Gasteiger partial charge on any atom is 0.220 e. The van der Waals surface area contributed by atoms with Gasteiger partial charge in [0.15, 0.2) is 5.76 Å². The summed E-state index contributed by atoms with van der Waals surface area (Å²) in [5.41, 5.74) is 0.781. The van der Waals surface area contributed by atoms with Gasteiger partial charge in [-0.2, -0.15) is 0 Å². The number of alkyl halides is 1. The van der Waals surface area contributed by atoms with Crippen LogP contribution in [0, 0.1) is 6.92 Å². The van der Waals surface area contributed by atoms with Crippen molar-refractivity contribution >= 4 is 17.4 Å². The maximum absolute atomic E-state index is 11.9. The molecular weight excluding hydrogens is 224 g/mol. The van der Waals surface area contributed by atoms with Gasteiger partial charge in [0.25, 0.3) is 0 Å². The molecule has 1 unspecified atom stereocenters. The molecule has 0 spiro atoms. The van der Waals surface area contributed by atoms with E-state index in [1.165, 1.54) is 0 Å². The van der Waals surface area contributed by atoms with Gasteiger partial charge in [0, 0.05) is 0 Å². The number of Topliss-reactive ketones (excluding diaryl/α,β-unsaturated/α-hetero) is 1. The minimum absolute atomic E-state index is 0.207. The number of aryl methyl sites for hydroxylation is 1. The highest BCUT2D eigenvalue weighted by atomic mass is 35.5. The molecule has 0 aliphatic rings. The molecule has 0 bridgehead atoms. The zero-order valence-electron chi connectivity index (χ0n) is 8.81. The standard InChI is InChI=1S/C13H11ClO2/c1-9-7-8-11(16-9)13(15)12(14)10-5-3-2-4-6-10/h2-8,12H,1H3. The number of hydrogen-bond donors (Lipinski definition) is 0. The number of rotatable bonds is 3. The highest BCUT2D eigenvalue weighted by Gasteiger charge is 2.21. The zero-order valence-corrected chi connectivity index (χ0v) is 9.57. The van der Waals surface area contributed by atoms with E-state index in [0.717, 1.165) is 5.56 Å². The number of carbonyl (C=O) groups excluding carboxylic acids is 1. The van der Waals surface area contributed by atoms with Gasteiger partial charge >= 0.3 is 0 Å². The van der Waals surface area contributed by atoms with Crippen LogP contribution in [0.5, 0.6) is 0 Å². The van der Waals surface area contributed by atoms with E-state index in [-0.39, 0.29) is 5.78 Å². The van der Waals surface area contributed by atoms with Gasteiger partial charge in [-0.05, 0) is 24.6 Å². The lowest BCUT2D eigenvalue weighted by atomic mass is 10.1. The molecule has 0 saturated carbocycles. The van der Waals surface area contributed by atoms with Crippen LogP contribution in [0.4, 0.5) is 0 Å². The Morgan fingerprint density at radius 2 is 1.88 bits per heavy atom. The van der Waals surface area contributed by atoms with Gasteiger partial charge in [0.05, 0.1) is 0 Å². The van der Waals surface area contributed by atoms with Gasteiger partial charge in [-0.25, -0.2) is 0 Å². The Labute approximate surface area is 98.8 Å². The third-order valence-electron chi connectivity index (χ3n) is 2.31. The van der Waals surface area contributed by atoms with Crippen molar-refractivity contribution < 1.29 is 9.21 Å². The van der Waals surface area contributed by atoms with Gasteiger partial charge < -0.3 is 4.42 Å². The van der Waals surface area contributed by atoms with Crippen molar-refractivity contribution in [3.63, 3.8) is 0 Å². The number of halogens is 1. The Hall–Kier alpha value is -1.54. The number of benzene rings is 1. The van der Waals surface area contributed by atoms with Crippen molar-refractivity contribution in [1.29, 1.82) is 0 Å². The van der Waals surface area contributed by atoms with E-state index in [2.05, 4.69) is 0 Å². The Bertz CT molecular complexity index is 488. The van der Waals surface area contributed by atoms with E-state index in [0.29, 0.717) is 11.5 Å². The zero-order chi connectivity index (χ0) is 11.5. The molecule has 2 nitrogen and oxygen atoms in total. The van der Waals surface area contributed by atoms with Gasteiger partial charge in [-0.15, -0.1) is 11.6 Å². The fourth-order valence-corrected chi connectivity index (χ4v) is 1.72. The minimum atomic E-state index is -0.688. The van der Waals surface area contributed by atoms with Crippen LogP contribution in [0.2, 0.25) is 0 Å².